The Balaban J connectivity index is 1.51. The molecule has 4 rings (SSSR count). The number of carbonyl (C=O) groups excluding carboxylic acids is 2. The first-order valence-corrected chi connectivity index (χ1v) is 11.1. The summed E-state index contributed by atoms with van der Waals surface area (Å²) in [7, 11) is 0. The second-order valence-corrected chi connectivity index (χ2v) is 10.2. The summed E-state index contributed by atoms with van der Waals surface area (Å²) in [6.45, 7) is 0. The van der Waals surface area contributed by atoms with E-state index in [0.717, 1.165) is 12.1 Å². The minimum absolute atomic E-state index is 0.0365. The monoisotopic (exact) mass is 514 g/mol. The first kappa shape index (κ1) is 23.9. The Morgan fingerprint density at radius 3 is 2.48 bits per heavy atom. The van der Waals surface area contributed by atoms with Crippen molar-refractivity contribution in [1.82, 2.24) is 0 Å². The smallest absolute Gasteiger partial charge is 0.266 e. The Morgan fingerprint density at radius 2 is 1.88 bits per heavy atom. The third-order valence-corrected chi connectivity index (χ3v) is 7.34. The van der Waals surface area contributed by atoms with Crippen LogP contribution in [0.3, 0.4) is 0 Å². The van der Waals surface area contributed by atoms with E-state index >= 15 is 0 Å². The lowest BCUT2D eigenvalue weighted by Gasteiger charge is -2.10. The van der Waals surface area contributed by atoms with E-state index in [9.17, 15) is 28.0 Å². The van der Waals surface area contributed by atoms with Crippen LogP contribution in [0.2, 0.25) is 5.02 Å². The number of rotatable bonds is 7. The van der Waals surface area contributed by atoms with Crippen LogP contribution in [0, 0.1) is 28.5 Å². The molecule has 0 aliphatic heterocycles. The maximum absolute atomic E-state index is 13.6. The predicted octanol–water partition coefficient (Wildman–Crippen LogP) is 6.82. The van der Waals surface area contributed by atoms with E-state index < -0.39 is 45.3 Å². The molecule has 4 nitrogen and oxygen atoms in total. The lowest BCUT2D eigenvalue weighted by Crippen LogP contribution is -2.17. The number of alkyl halides is 4. The van der Waals surface area contributed by atoms with Crippen molar-refractivity contribution in [3.63, 3.8) is 0 Å². The van der Waals surface area contributed by atoms with Gasteiger partial charge in [0.05, 0.1) is 28.0 Å². The maximum atomic E-state index is 13.6. The number of nitrogens with one attached hydrogen (secondary N) is 1. The fourth-order valence-electron chi connectivity index (χ4n) is 3.91. The highest BCUT2D eigenvalue weighted by Crippen LogP contribution is 2.65. The van der Waals surface area contributed by atoms with Gasteiger partial charge < -0.3 is 5.32 Å². The fourth-order valence-corrected chi connectivity index (χ4v) is 4.96. The molecular weight excluding hydrogens is 500 g/mol. The molecule has 0 aromatic heterocycles. The van der Waals surface area contributed by atoms with E-state index in [2.05, 4.69) is 11.4 Å². The first-order chi connectivity index (χ1) is 15.5. The molecule has 33 heavy (non-hydrogen) atoms. The van der Waals surface area contributed by atoms with Crippen molar-refractivity contribution in [3.8, 4) is 6.07 Å². The Bertz CT molecular complexity index is 1190. The summed E-state index contributed by atoms with van der Waals surface area (Å²) in [4.78, 5) is 25.5. The minimum Gasteiger partial charge on any atom is -0.326 e. The van der Waals surface area contributed by atoms with Crippen molar-refractivity contribution in [2.45, 2.75) is 35.9 Å². The van der Waals surface area contributed by atoms with Crippen LogP contribution < -0.4 is 5.32 Å². The number of benzene rings is 2. The standard InChI is InChI=1S/C23H16Cl3F3N2O2/c24-15-3-2-12(8-13(15)17(32)9-22(10-30)5-6-22)31-21(33)19-18(23(19,25)26)11-1-4-16(27)14(7-11)20(28)29/h1-4,7-8,18-20H,5-6,9H2,(H,31,33). The van der Waals surface area contributed by atoms with Crippen molar-refractivity contribution in [2.24, 2.45) is 11.3 Å². The second-order valence-electron chi connectivity index (χ2n) is 8.39. The molecule has 10 heteroatoms. The zero-order valence-corrected chi connectivity index (χ0v) is 19.1. The molecule has 1 N–H and O–H groups in total. The SMILES string of the molecule is N#CC1(CC(=O)c2cc(NC(=O)C3C(c4ccc(F)c(C(F)F)c4)C3(Cl)Cl)ccc2Cl)CC1. The predicted molar refractivity (Wildman–Crippen MR) is 118 cm³/mol. The Hall–Kier alpha value is -2.27. The highest BCUT2D eigenvalue weighted by Gasteiger charge is 2.67. The van der Waals surface area contributed by atoms with Gasteiger partial charge in [-0.25, -0.2) is 13.2 Å². The molecule has 0 spiro atoms. The third-order valence-electron chi connectivity index (χ3n) is 6.07. The van der Waals surface area contributed by atoms with Crippen LogP contribution in [-0.2, 0) is 4.79 Å². The van der Waals surface area contributed by atoms with E-state index in [1.165, 1.54) is 24.3 Å². The van der Waals surface area contributed by atoms with Gasteiger partial charge in [-0.05, 0) is 48.7 Å². The van der Waals surface area contributed by atoms with Gasteiger partial charge >= 0.3 is 0 Å². The maximum Gasteiger partial charge on any atom is 0.266 e. The van der Waals surface area contributed by atoms with Gasteiger partial charge in [-0.15, -0.1) is 23.2 Å². The molecule has 0 radical (unpaired) electrons. The van der Waals surface area contributed by atoms with E-state index in [4.69, 9.17) is 34.8 Å². The minimum atomic E-state index is -3.03. The average Bonchev–Trinajstić information content (AvgIpc) is 3.64. The first-order valence-electron chi connectivity index (χ1n) is 9.99. The van der Waals surface area contributed by atoms with Gasteiger partial charge in [0.25, 0.3) is 6.43 Å². The van der Waals surface area contributed by atoms with Crippen LogP contribution in [0.15, 0.2) is 36.4 Å². The number of halogens is 6. The van der Waals surface area contributed by atoms with Crippen LogP contribution in [0.4, 0.5) is 18.9 Å². The zero-order valence-electron chi connectivity index (χ0n) is 16.8. The largest absolute Gasteiger partial charge is 0.326 e. The normalized spacial score (nSPS) is 21.9. The fraction of sp³-hybridized carbons (Fsp3) is 0.348. The molecule has 2 aliphatic rings. The van der Waals surface area contributed by atoms with Crippen molar-refractivity contribution >= 4 is 52.2 Å². The van der Waals surface area contributed by atoms with Crippen LogP contribution in [0.5, 0.6) is 0 Å². The molecule has 0 bridgehead atoms. The summed E-state index contributed by atoms with van der Waals surface area (Å²) in [5, 5.41) is 12.0. The highest BCUT2D eigenvalue weighted by molar-refractivity contribution is 6.53. The molecular formula is C23H16Cl3F3N2O2. The molecule has 2 atom stereocenters. The number of hydrogen-bond donors (Lipinski definition) is 1. The van der Waals surface area contributed by atoms with Gasteiger partial charge in [0, 0.05) is 23.6 Å². The van der Waals surface area contributed by atoms with Crippen LogP contribution in [0.25, 0.3) is 0 Å². The molecule has 2 aromatic rings. The number of nitrogens with zero attached hydrogens (tertiary/aromatic N) is 1. The third kappa shape index (κ3) is 4.57. The van der Waals surface area contributed by atoms with Gasteiger partial charge in [0.2, 0.25) is 5.91 Å². The van der Waals surface area contributed by atoms with Crippen molar-refractivity contribution in [1.29, 1.82) is 5.26 Å². The molecule has 2 aliphatic carbocycles. The van der Waals surface area contributed by atoms with Crippen molar-refractivity contribution in [2.75, 3.05) is 5.32 Å². The van der Waals surface area contributed by atoms with E-state index in [1.54, 1.807) is 0 Å². The molecule has 2 unspecified atom stereocenters. The molecule has 2 aromatic carbocycles. The second kappa shape index (κ2) is 8.50. The number of amides is 1. The number of hydrogen-bond acceptors (Lipinski definition) is 3. The number of anilines is 1. The van der Waals surface area contributed by atoms with Gasteiger partial charge in [0.1, 0.15) is 10.2 Å². The molecule has 2 fully saturated rings. The topological polar surface area (TPSA) is 70.0 Å². The lowest BCUT2D eigenvalue weighted by molar-refractivity contribution is -0.117. The summed E-state index contributed by atoms with van der Waals surface area (Å²) in [5.41, 5.74) is -0.795. The summed E-state index contributed by atoms with van der Waals surface area (Å²) in [6.07, 6.45) is -1.70. The molecule has 0 saturated heterocycles. The quantitative estimate of drug-likeness (QED) is 0.325. The molecule has 2 saturated carbocycles. The van der Waals surface area contributed by atoms with Gasteiger partial charge in [-0.1, -0.05) is 17.7 Å². The Kier molecular flexibility index (Phi) is 6.15. The van der Waals surface area contributed by atoms with E-state index in [-0.39, 0.29) is 34.0 Å². The Morgan fingerprint density at radius 1 is 1.18 bits per heavy atom. The van der Waals surface area contributed by atoms with E-state index in [0.29, 0.717) is 12.8 Å². The van der Waals surface area contributed by atoms with Crippen molar-refractivity contribution < 1.29 is 22.8 Å². The molecule has 0 heterocycles. The van der Waals surface area contributed by atoms with Crippen LogP contribution in [0.1, 0.15) is 53.1 Å². The summed E-state index contributed by atoms with van der Waals surface area (Å²) >= 11 is 18.7. The average molecular weight is 516 g/mol. The lowest BCUT2D eigenvalue weighted by atomic mass is 9.96. The number of ketones is 1. The summed E-state index contributed by atoms with van der Waals surface area (Å²) in [5.74, 6) is -3.77. The highest BCUT2D eigenvalue weighted by atomic mass is 35.5. The van der Waals surface area contributed by atoms with Crippen molar-refractivity contribution in [3.05, 3.63) is 63.9 Å². The van der Waals surface area contributed by atoms with Gasteiger partial charge in [0.15, 0.2) is 5.78 Å². The number of carbonyl (C=O) groups is 2. The zero-order chi connectivity index (χ0) is 24.1. The van der Waals surface area contributed by atoms with Gasteiger partial charge in [-0.3, -0.25) is 9.59 Å². The number of nitriles is 1. The van der Waals surface area contributed by atoms with Crippen LogP contribution >= 0.6 is 34.8 Å². The summed E-state index contributed by atoms with van der Waals surface area (Å²) < 4.78 is 38.2. The Labute approximate surface area is 202 Å². The van der Waals surface area contributed by atoms with E-state index in [1.807, 2.05) is 0 Å². The molecule has 1 amide bonds. The van der Waals surface area contributed by atoms with Crippen LogP contribution in [-0.4, -0.2) is 16.0 Å². The van der Waals surface area contributed by atoms with Gasteiger partial charge in [-0.2, -0.15) is 5.26 Å². The molecule has 172 valence electrons. The summed E-state index contributed by atoms with van der Waals surface area (Å²) in [6, 6.07) is 9.61. The number of Topliss-reactive ketones (excluding diaryl/α,β-unsaturated/α-hetero) is 1.